The summed E-state index contributed by atoms with van der Waals surface area (Å²) in [6.07, 6.45) is 6.08. The van der Waals surface area contributed by atoms with Gasteiger partial charge in [0.25, 0.3) is 5.91 Å². The number of aromatic amines is 1. The Kier molecular flexibility index (Phi) is 4.07. The van der Waals surface area contributed by atoms with Crippen LogP contribution in [-0.2, 0) is 0 Å². The minimum atomic E-state index is -0.223. The second-order valence-corrected chi connectivity index (χ2v) is 6.03. The second-order valence-electron chi connectivity index (χ2n) is 6.03. The smallest absolute Gasteiger partial charge is 0.288 e. The Bertz CT molecular complexity index is 434. The standard InChI is InChI=1S/C13H23N5O/c1-9(2)7-13(5-3-4-6-13)8-15-11(19)10-16-12(14)18-17-10/h9H,3-8H2,1-2H3,(H,15,19)(H3,14,16,17,18). The highest BCUT2D eigenvalue weighted by atomic mass is 16.2. The van der Waals surface area contributed by atoms with Gasteiger partial charge in [-0.1, -0.05) is 26.7 Å². The minimum absolute atomic E-state index is 0.0999. The first kappa shape index (κ1) is 13.8. The van der Waals surface area contributed by atoms with Crippen molar-refractivity contribution < 1.29 is 4.79 Å². The molecule has 0 spiro atoms. The van der Waals surface area contributed by atoms with E-state index in [1.54, 1.807) is 0 Å². The molecule has 0 aliphatic heterocycles. The fraction of sp³-hybridized carbons (Fsp3) is 0.769. The minimum Gasteiger partial charge on any atom is -0.366 e. The van der Waals surface area contributed by atoms with Gasteiger partial charge in [0, 0.05) is 6.54 Å². The number of nitrogen functional groups attached to an aromatic ring is 1. The predicted molar refractivity (Wildman–Crippen MR) is 73.5 cm³/mol. The van der Waals surface area contributed by atoms with Crippen molar-refractivity contribution >= 4 is 11.9 Å². The lowest BCUT2D eigenvalue weighted by Gasteiger charge is -2.31. The molecule has 1 fully saturated rings. The summed E-state index contributed by atoms with van der Waals surface area (Å²) in [5, 5.41) is 9.17. The summed E-state index contributed by atoms with van der Waals surface area (Å²) < 4.78 is 0. The zero-order valence-corrected chi connectivity index (χ0v) is 11.7. The average Bonchev–Trinajstić information content (AvgIpc) is 2.95. The third-order valence-electron chi connectivity index (χ3n) is 3.85. The Morgan fingerprint density at radius 3 is 2.68 bits per heavy atom. The molecule has 1 saturated carbocycles. The molecule has 4 N–H and O–H groups in total. The van der Waals surface area contributed by atoms with E-state index in [-0.39, 0.29) is 23.1 Å². The van der Waals surface area contributed by atoms with Gasteiger partial charge in [-0.05, 0) is 30.6 Å². The maximum absolute atomic E-state index is 11.9. The van der Waals surface area contributed by atoms with Crippen molar-refractivity contribution in [2.75, 3.05) is 12.3 Å². The molecule has 1 aliphatic carbocycles. The zero-order valence-electron chi connectivity index (χ0n) is 11.7. The first-order valence-corrected chi connectivity index (χ1v) is 6.97. The summed E-state index contributed by atoms with van der Waals surface area (Å²) in [5.41, 5.74) is 5.65. The molecule has 19 heavy (non-hydrogen) atoms. The van der Waals surface area contributed by atoms with Crippen molar-refractivity contribution in [3.05, 3.63) is 5.82 Å². The van der Waals surface area contributed by atoms with Crippen LogP contribution in [0.5, 0.6) is 0 Å². The Labute approximate surface area is 113 Å². The van der Waals surface area contributed by atoms with Gasteiger partial charge in [0.2, 0.25) is 11.8 Å². The lowest BCUT2D eigenvalue weighted by Crippen LogP contribution is -2.37. The molecule has 0 unspecified atom stereocenters. The van der Waals surface area contributed by atoms with Crippen LogP contribution in [0.15, 0.2) is 0 Å². The molecule has 0 aromatic carbocycles. The molecular weight excluding hydrogens is 242 g/mol. The van der Waals surface area contributed by atoms with Crippen LogP contribution in [0.3, 0.4) is 0 Å². The maximum Gasteiger partial charge on any atom is 0.288 e. The first-order chi connectivity index (χ1) is 9.01. The molecule has 2 rings (SSSR count). The lowest BCUT2D eigenvalue weighted by atomic mass is 9.78. The van der Waals surface area contributed by atoms with E-state index in [4.69, 9.17) is 5.73 Å². The Morgan fingerprint density at radius 2 is 2.16 bits per heavy atom. The molecule has 0 bridgehead atoms. The van der Waals surface area contributed by atoms with Crippen LogP contribution in [0.2, 0.25) is 0 Å². The molecule has 1 aromatic rings. The third kappa shape index (κ3) is 3.45. The van der Waals surface area contributed by atoms with E-state index in [0.717, 1.165) is 6.42 Å². The number of H-pyrrole nitrogens is 1. The van der Waals surface area contributed by atoms with Gasteiger partial charge in [-0.15, -0.1) is 5.10 Å². The summed E-state index contributed by atoms with van der Waals surface area (Å²) in [5.74, 6) is 0.716. The maximum atomic E-state index is 11.9. The van der Waals surface area contributed by atoms with Crippen LogP contribution in [0, 0.1) is 11.3 Å². The number of rotatable bonds is 5. The molecule has 0 atom stereocenters. The highest BCUT2D eigenvalue weighted by Gasteiger charge is 2.34. The van der Waals surface area contributed by atoms with Crippen molar-refractivity contribution in [3.8, 4) is 0 Å². The molecule has 1 heterocycles. The largest absolute Gasteiger partial charge is 0.366 e. The fourth-order valence-electron chi connectivity index (χ4n) is 3.17. The van der Waals surface area contributed by atoms with Gasteiger partial charge in [-0.2, -0.15) is 4.98 Å². The molecule has 0 saturated heterocycles. The first-order valence-electron chi connectivity index (χ1n) is 6.97. The van der Waals surface area contributed by atoms with Crippen molar-refractivity contribution in [1.29, 1.82) is 0 Å². The summed E-state index contributed by atoms with van der Waals surface area (Å²) in [6.45, 7) is 5.18. The normalized spacial score (nSPS) is 17.8. The van der Waals surface area contributed by atoms with Gasteiger partial charge >= 0.3 is 0 Å². The number of hydrogen-bond donors (Lipinski definition) is 3. The van der Waals surface area contributed by atoms with Crippen LogP contribution < -0.4 is 11.1 Å². The fourth-order valence-corrected chi connectivity index (χ4v) is 3.17. The Hall–Kier alpha value is -1.59. The van der Waals surface area contributed by atoms with Gasteiger partial charge in [0.1, 0.15) is 0 Å². The molecule has 106 valence electrons. The number of carbonyl (C=O) groups is 1. The van der Waals surface area contributed by atoms with Crippen molar-refractivity contribution in [2.45, 2.75) is 46.0 Å². The van der Waals surface area contributed by atoms with Gasteiger partial charge in [0.15, 0.2) is 0 Å². The number of aromatic nitrogens is 3. The van der Waals surface area contributed by atoms with E-state index in [1.807, 2.05) is 0 Å². The van der Waals surface area contributed by atoms with Crippen LogP contribution in [0.4, 0.5) is 5.95 Å². The summed E-state index contributed by atoms with van der Waals surface area (Å²) >= 11 is 0. The number of hydrogen-bond acceptors (Lipinski definition) is 4. The van der Waals surface area contributed by atoms with Crippen LogP contribution >= 0.6 is 0 Å². The van der Waals surface area contributed by atoms with Gasteiger partial charge in [-0.3, -0.25) is 9.89 Å². The van der Waals surface area contributed by atoms with E-state index in [9.17, 15) is 4.79 Å². The summed E-state index contributed by atoms with van der Waals surface area (Å²) in [6, 6.07) is 0. The predicted octanol–water partition coefficient (Wildman–Crippen LogP) is 1.72. The number of nitrogens with one attached hydrogen (secondary N) is 2. The SMILES string of the molecule is CC(C)CC1(CNC(=O)c2nc(N)n[nH]2)CCCC1. The van der Waals surface area contributed by atoms with Gasteiger partial charge < -0.3 is 11.1 Å². The lowest BCUT2D eigenvalue weighted by molar-refractivity contribution is 0.0912. The van der Waals surface area contributed by atoms with Crippen molar-refractivity contribution in [1.82, 2.24) is 20.5 Å². The van der Waals surface area contributed by atoms with Crippen molar-refractivity contribution in [3.63, 3.8) is 0 Å². The molecule has 6 heteroatoms. The third-order valence-corrected chi connectivity index (χ3v) is 3.85. The topological polar surface area (TPSA) is 96.7 Å². The number of nitrogens with two attached hydrogens (primary N) is 1. The zero-order chi connectivity index (χ0) is 13.9. The van der Waals surface area contributed by atoms with Crippen LogP contribution in [-0.4, -0.2) is 27.6 Å². The summed E-state index contributed by atoms with van der Waals surface area (Å²) in [4.78, 5) is 15.8. The number of anilines is 1. The molecule has 0 radical (unpaired) electrons. The Morgan fingerprint density at radius 1 is 1.47 bits per heavy atom. The molecule has 1 aromatic heterocycles. The average molecular weight is 265 g/mol. The van der Waals surface area contributed by atoms with Gasteiger partial charge in [0.05, 0.1) is 0 Å². The monoisotopic (exact) mass is 265 g/mol. The second kappa shape index (κ2) is 5.59. The number of carbonyl (C=O) groups excluding carboxylic acids is 1. The van der Waals surface area contributed by atoms with Crippen LogP contribution in [0.25, 0.3) is 0 Å². The molecular formula is C13H23N5O. The van der Waals surface area contributed by atoms with Crippen LogP contribution in [0.1, 0.15) is 56.6 Å². The van der Waals surface area contributed by atoms with E-state index < -0.39 is 0 Å². The number of nitrogens with zero attached hydrogens (tertiary/aromatic N) is 2. The quantitative estimate of drug-likeness (QED) is 0.755. The van der Waals surface area contributed by atoms with E-state index in [2.05, 4.69) is 34.3 Å². The van der Waals surface area contributed by atoms with E-state index >= 15 is 0 Å². The number of amides is 1. The highest BCUT2D eigenvalue weighted by Crippen LogP contribution is 2.42. The molecule has 1 aliphatic rings. The van der Waals surface area contributed by atoms with Gasteiger partial charge in [-0.25, -0.2) is 0 Å². The van der Waals surface area contributed by atoms with E-state index in [1.165, 1.54) is 25.7 Å². The molecule has 1 amide bonds. The van der Waals surface area contributed by atoms with Crippen molar-refractivity contribution in [2.24, 2.45) is 11.3 Å². The van der Waals surface area contributed by atoms with E-state index in [0.29, 0.717) is 12.5 Å². The Balaban J connectivity index is 1.94. The summed E-state index contributed by atoms with van der Waals surface area (Å²) in [7, 11) is 0. The molecule has 6 nitrogen and oxygen atoms in total. The highest BCUT2D eigenvalue weighted by molar-refractivity contribution is 5.90.